The second kappa shape index (κ2) is 6.11. The van der Waals surface area contributed by atoms with Crippen molar-refractivity contribution >= 4 is 16.5 Å². The summed E-state index contributed by atoms with van der Waals surface area (Å²) in [6, 6.07) is 5.95. The Labute approximate surface area is 121 Å². The first kappa shape index (κ1) is 13.2. The molecule has 6 heteroatoms. The molecule has 2 aromatic rings. The van der Waals surface area contributed by atoms with Crippen LogP contribution >= 0.6 is 11.3 Å². The highest BCUT2D eigenvalue weighted by Gasteiger charge is 2.13. The molecule has 3 rings (SSSR count). The Morgan fingerprint density at radius 1 is 1.35 bits per heavy atom. The van der Waals surface area contributed by atoms with E-state index in [9.17, 15) is 0 Å². The van der Waals surface area contributed by atoms with E-state index in [2.05, 4.69) is 10.3 Å². The molecule has 1 aromatic carbocycles. The number of thiazole rings is 1. The summed E-state index contributed by atoms with van der Waals surface area (Å²) in [6.45, 7) is 4.26. The molecule has 5 nitrogen and oxygen atoms in total. The molecule has 106 valence electrons. The number of hydrogen-bond acceptors (Lipinski definition) is 6. The van der Waals surface area contributed by atoms with Gasteiger partial charge in [0.05, 0.1) is 12.3 Å². The van der Waals surface area contributed by atoms with E-state index in [0.29, 0.717) is 26.6 Å². The Morgan fingerprint density at radius 3 is 3.15 bits per heavy atom. The first-order valence-corrected chi connectivity index (χ1v) is 7.37. The van der Waals surface area contributed by atoms with E-state index in [1.807, 2.05) is 30.5 Å². The number of ether oxygens (including phenoxy) is 3. The number of aromatic nitrogens is 1. The quantitative estimate of drug-likeness (QED) is 0.887. The van der Waals surface area contributed by atoms with E-state index in [-0.39, 0.29) is 0 Å². The zero-order chi connectivity index (χ0) is 13.8. The van der Waals surface area contributed by atoms with Crippen molar-refractivity contribution in [3.8, 4) is 11.5 Å². The summed E-state index contributed by atoms with van der Waals surface area (Å²) in [5.74, 6) is 1.61. The van der Waals surface area contributed by atoms with Crippen LogP contribution in [0.5, 0.6) is 11.5 Å². The van der Waals surface area contributed by atoms with Crippen molar-refractivity contribution < 1.29 is 14.2 Å². The summed E-state index contributed by atoms with van der Waals surface area (Å²) < 4.78 is 16.0. The van der Waals surface area contributed by atoms with Crippen molar-refractivity contribution in [2.75, 3.05) is 18.7 Å². The van der Waals surface area contributed by atoms with Gasteiger partial charge >= 0.3 is 0 Å². The van der Waals surface area contributed by atoms with Gasteiger partial charge in [0.2, 0.25) is 6.79 Å². The molecule has 0 aliphatic carbocycles. The van der Waals surface area contributed by atoms with Gasteiger partial charge in [-0.05, 0) is 24.6 Å². The maximum absolute atomic E-state index is 5.36. The molecule has 0 saturated carbocycles. The zero-order valence-corrected chi connectivity index (χ0v) is 12.0. The number of fused-ring (bicyclic) bond motifs is 1. The lowest BCUT2D eigenvalue weighted by atomic mass is 10.2. The average molecular weight is 292 g/mol. The van der Waals surface area contributed by atoms with Crippen molar-refractivity contribution in [3.05, 3.63) is 34.8 Å². The summed E-state index contributed by atoms with van der Waals surface area (Å²) >= 11 is 1.59. The van der Waals surface area contributed by atoms with Gasteiger partial charge in [0.1, 0.15) is 0 Å². The monoisotopic (exact) mass is 292 g/mol. The fourth-order valence-corrected chi connectivity index (χ4v) is 2.58. The fourth-order valence-electron chi connectivity index (χ4n) is 1.89. The SMILES string of the molecule is CCOCc1csc(NCc2ccc3c(c2)OCO3)n1. The van der Waals surface area contributed by atoms with Crippen molar-refractivity contribution in [2.45, 2.75) is 20.1 Å². The second-order valence-corrected chi connectivity index (χ2v) is 5.18. The average Bonchev–Trinajstić information content (AvgIpc) is 3.11. The minimum atomic E-state index is 0.305. The van der Waals surface area contributed by atoms with Crippen LogP contribution in [0.3, 0.4) is 0 Å². The number of nitrogens with one attached hydrogen (secondary N) is 1. The summed E-state index contributed by atoms with van der Waals surface area (Å²) in [7, 11) is 0. The summed E-state index contributed by atoms with van der Waals surface area (Å²) in [4.78, 5) is 4.46. The first-order valence-electron chi connectivity index (χ1n) is 6.49. The van der Waals surface area contributed by atoms with Gasteiger partial charge in [0.15, 0.2) is 16.6 Å². The van der Waals surface area contributed by atoms with E-state index in [1.165, 1.54) is 0 Å². The molecule has 0 saturated heterocycles. The van der Waals surface area contributed by atoms with Gasteiger partial charge in [-0.25, -0.2) is 4.98 Å². The van der Waals surface area contributed by atoms with Gasteiger partial charge in [-0.2, -0.15) is 0 Å². The van der Waals surface area contributed by atoms with E-state index in [0.717, 1.165) is 27.9 Å². The van der Waals surface area contributed by atoms with Gasteiger partial charge in [0.25, 0.3) is 0 Å². The van der Waals surface area contributed by atoms with Crippen LogP contribution in [0, 0.1) is 0 Å². The van der Waals surface area contributed by atoms with Crippen molar-refractivity contribution in [1.29, 1.82) is 0 Å². The molecule has 0 bridgehead atoms. The lowest BCUT2D eigenvalue weighted by Crippen LogP contribution is -1.99. The fraction of sp³-hybridized carbons (Fsp3) is 0.357. The van der Waals surface area contributed by atoms with Crippen LogP contribution in [0.1, 0.15) is 18.2 Å². The highest BCUT2D eigenvalue weighted by Crippen LogP contribution is 2.32. The van der Waals surface area contributed by atoms with Gasteiger partial charge in [-0.3, -0.25) is 0 Å². The van der Waals surface area contributed by atoms with Gasteiger partial charge in [0, 0.05) is 18.5 Å². The van der Waals surface area contributed by atoms with Gasteiger partial charge in [-0.15, -0.1) is 11.3 Å². The molecule has 1 aromatic heterocycles. The number of anilines is 1. The molecule has 1 aliphatic rings. The van der Waals surface area contributed by atoms with Crippen LogP contribution in [0.15, 0.2) is 23.6 Å². The minimum absolute atomic E-state index is 0.305. The summed E-state index contributed by atoms with van der Waals surface area (Å²) in [5.41, 5.74) is 2.10. The Morgan fingerprint density at radius 2 is 2.25 bits per heavy atom. The van der Waals surface area contributed by atoms with E-state index in [4.69, 9.17) is 14.2 Å². The third kappa shape index (κ3) is 3.02. The van der Waals surface area contributed by atoms with Crippen LogP contribution in [0.4, 0.5) is 5.13 Å². The summed E-state index contributed by atoms with van der Waals surface area (Å²) in [5, 5.41) is 6.22. The van der Waals surface area contributed by atoms with E-state index >= 15 is 0 Å². The molecule has 0 atom stereocenters. The number of nitrogens with zero attached hydrogens (tertiary/aromatic N) is 1. The Balaban J connectivity index is 1.57. The lowest BCUT2D eigenvalue weighted by molar-refractivity contribution is 0.132. The lowest BCUT2D eigenvalue weighted by Gasteiger charge is -2.04. The van der Waals surface area contributed by atoms with E-state index in [1.54, 1.807) is 11.3 Å². The molecule has 1 N–H and O–H groups in total. The normalized spacial score (nSPS) is 12.7. The summed E-state index contributed by atoms with van der Waals surface area (Å²) in [6.07, 6.45) is 0. The number of hydrogen-bond donors (Lipinski definition) is 1. The van der Waals surface area contributed by atoms with Crippen LogP contribution in [-0.4, -0.2) is 18.4 Å². The largest absolute Gasteiger partial charge is 0.454 e. The molecule has 2 heterocycles. The molecule has 0 radical (unpaired) electrons. The second-order valence-electron chi connectivity index (χ2n) is 4.32. The highest BCUT2D eigenvalue weighted by atomic mass is 32.1. The van der Waals surface area contributed by atoms with Crippen LogP contribution < -0.4 is 14.8 Å². The van der Waals surface area contributed by atoms with Crippen LogP contribution in [0.25, 0.3) is 0 Å². The number of rotatable bonds is 6. The topological polar surface area (TPSA) is 52.6 Å². The predicted octanol–water partition coefficient (Wildman–Crippen LogP) is 3.02. The van der Waals surface area contributed by atoms with Gasteiger partial charge < -0.3 is 19.5 Å². The molecule has 0 spiro atoms. The van der Waals surface area contributed by atoms with Gasteiger partial charge in [-0.1, -0.05) is 6.07 Å². The highest BCUT2D eigenvalue weighted by molar-refractivity contribution is 7.13. The van der Waals surface area contributed by atoms with Crippen molar-refractivity contribution in [3.63, 3.8) is 0 Å². The van der Waals surface area contributed by atoms with Crippen molar-refractivity contribution in [1.82, 2.24) is 4.98 Å². The molecular weight excluding hydrogens is 276 g/mol. The molecule has 0 amide bonds. The smallest absolute Gasteiger partial charge is 0.231 e. The van der Waals surface area contributed by atoms with E-state index < -0.39 is 0 Å². The van der Waals surface area contributed by atoms with Crippen LogP contribution in [-0.2, 0) is 17.9 Å². The molecular formula is C14H16N2O3S. The standard InChI is InChI=1S/C14H16N2O3S/c1-2-17-7-11-8-20-14(16-11)15-6-10-3-4-12-13(5-10)19-9-18-12/h3-5,8H,2,6-7,9H2,1H3,(H,15,16). The zero-order valence-electron chi connectivity index (χ0n) is 11.2. The minimum Gasteiger partial charge on any atom is -0.454 e. The molecule has 1 aliphatic heterocycles. The Hall–Kier alpha value is -1.79. The number of benzene rings is 1. The maximum atomic E-state index is 5.36. The molecule has 20 heavy (non-hydrogen) atoms. The predicted molar refractivity (Wildman–Crippen MR) is 77.3 cm³/mol. The molecule has 0 fully saturated rings. The van der Waals surface area contributed by atoms with Crippen LogP contribution in [0.2, 0.25) is 0 Å². The Kier molecular flexibility index (Phi) is 4.03. The third-order valence-electron chi connectivity index (χ3n) is 2.89. The Bertz CT molecular complexity index is 586. The third-order valence-corrected chi connectivity index (χ3v) is 3.74. The maximum Gasteiger partial charge on any atom is 0.231 e. The molecule has 0 unspecified atom stereocenters. The van der Waals surface area contributed by atoms with Crippen molar-refractivity contribution in [2.24, 2.45) is 0 Å². The first-order chi connectivity index (χ1) is 9.85.